The quantitative estimate of drug-likeness (QED) is 0.0611. The summed E-state index contributed by atoms with van der Waals surface area (Å²) in [6.45, 7) is 4.60. The second-order valence-electron chi connectivity index (χ2n) is 11.8. The molecule has 0 saturated heterocycles. The molecule has 0 aromatic heterocycles. The molecule has 0 aliphatic carbocycles. The molecule has 0 radical (unpaired) electrons. The first-order valence-corrected chi connectivity index (χ1v) is 16.3. The van der Waals surface area contributed by atoms with Crippen LogP contribution in [0.25, 0.3) is 0 Å². The van der Waals surface area contributed by atoms with E-state index in [0.29, 0.717) is 34.7 Å². The van der Waals surface area contributed by atoms with Gasteiger partial charge in [-0.3, -0.25) is 9.59 Å². The Hall–Kier alpha value is -5.51. The van der Waals surface area contributed by atoms with E-state index in [0.717, 1.165) is 18.4 Å². The van der Waals surface area contributed by atoms with E-state index in [1.807, 2.05) is 0 Å². The van der Waals surface area contributed by atoms with Crippen molar-refractivity contribution in [2.24, 2.45) is 0 Å². The van der Waals surface area contributed by atoms with Crippen molar-refractivity contribution in [1.29, 1.82) is 0 Å². The molecule has 1 atom stereocenters. The lowest BCUT2D eigenvalue weighted by molar-refractivity contribution is -0.139. The maximum atomic E-state index is 13.6. The SMILES string of the molecule is CCCCCCCOc1ccc(C(=O)Oc2ccc(C[C@H](NC(=O)c3ccc(NC(=O)Cc4cc(F)ccc4C)cc3)C(=O)O)cc2)cc1. The fourth-order valence-electron chi connectivity index (χ4n) is 5.03. The summed E-state index contributed by atoms with van der Waals surface area (Å²) in [5.74, 6) is -2.16. The summed E-state index contributed by atoms with van der Waals surface area (Å²) >= 11 is 0. The predicted molar refractivity (Wildman–Crippen MR) is 185 cm³/mol. The molecule has 0 bridgehead atoms. The van der Waals surface area contributed by atoms with E-state index in [1.54, 1.807) is 61.5 Å². The second kappa shape index (κ2) is 18.1. The standard InChI is InChI=1S/C39H41FN2O7/c1-3-4-5-6-7-22-48-33-20-13-29(14-21-33)39(47)49-34-18-9-27(10-19-34)23-35(38(45)46)42-37(44)28-11-16-32(17-12-28)41-36(43)25-30-24-31(40)15-8-26(30)2/h8-21,24,35H,3-7,22-23,25H2,1-2H3,(H,41,43)(H,42,44)(H,45,46)/t35-/m0/s1. The third-order valence-corrected chi connectivity index (χ3v) is 7.88. The van der Waals surface area contributed by atoms with Crippen molar-refractivity contribution in [2.75, 3.05) is 11.9 Å². The molecule has 4 aromatic carbocycles. The number of carbonyl (C=O) groups is 4. The van der Waals surface area contributed by atoms with Gasteiger partial charge in [0.25, 0.3) is 5.91 Å². The number of nitrogens with one attached hydrogen (secondary N) is 2. The Morgan fingerprint density at radius 2 is 1.45 bits per heavy atom. The molecule has 0 aliphatic heterocycles. The summed E-state index contributed by atoms with van der Waals surface area (Å²) in [5.41, 5.74) is 2.97. The van der Waals surface area contributed by atoms with Crippen molar-refractivity contribution in [2.45, 2.75) is 64.8 Å². The van der Waals surface area contributed by atoms with E-state index in [-0.39, 0.29) is 30.1 Å². The van der Waals surface area contributed by atoms with Crippen LogP contribution in [0.3, 0.4) is 0 Å². The minimum atomic E-state index is -1.23. The minimum absolute atomic E-state index is 0.0109. The smallest absolute Gasteiger partial charge is 0.343 e. The van der Waals surface area contributed by atoms with Crippen LogP contribution in [-0.2, 0) is 22.4 Å². The molecule has 256 valence electrons. The van der Waals surface area contributed by atoms with Crippen LogP contribution in [0.15, 0.2) is 91.0 Å². The van der Waals surface area contributed by atoms with E-state index in [9.17, 15) is 28.7 Å². The number of aryl methyl sites for hydroxylation is 1. The number of carbonyl (C=O) groups excluding carboxylic acids is 3. The number of halogens is 1. The molecule has 0 unspecified atom stereocenters. The van der Waals surface area contributed by atoms with Crippen molar-refractivity contribution < 1.29 is 38.1 Å². The lowest BCUT2D eigenvalue weighted by Gasteiger charge is -2.15. The van der Waals surface area contributed by atoms with Gasteiger partial charge in [-0.25, -0.2) is 14.0 Å². The van der Waals surface area contributed by atoms with Crippen LogP contribution in [0.4, 0.5) is 10.1 Å². The van der Waals surface area contributed by atoms with Crippen LogP contribution in [0.1, 0.15) is 76.4 Å². The Balaban J connectivity index is 1.25. The molecule has 0 heterocycles. The van der Waals surface area contributed by atoms with Gasteiger partial charge < -0.3 is 25.2 Å². The lowest BCUT2D eigenvalue weighted by Crippen LogP contribution is -2.42. The van der Waals surface area contributed by atoms with E-state index in [4.69, 9.17) is 9.47 Å². The number of unbranched alkanes of at least 4 members (excludes halogenated alkanes) is 4. The Morgan fingerprint density at radius 3 is 2.12 bits per heavy atom. The number of aliphatic carboxylic acids is 1. The first-order valence-electron chi connectivity index (χ1n) is 16.3. The first-order chi connectivity index (χ1) is 23.6. The summed E-state index contributed by atoms with van der Waals surface area (Å²) in [5, 5.41) is 15.0. The Bertz CT molecular complexity index is 1720. The number of esters is 1. The Morgan fingerprint density at radius 1 is 0.796 bits per heavy atom. The largest absolute Gasteiger partial charge is 0.494 e. The molecule has 0 spiro atoms. The summed E-state index contributed by atoms with van der Waals surface area (Å²) < 4.78 is 24.8. The van der Waals surface area contributed by atoms with Crippen LogP contribution in [0.2, 0.25) is 0 Å². The van der Waals surface area contributed by atoms with Crippen molar-refractivity contribution in [3.63, 3.8) is 0 Å². The molecule has 3 N–H and O–H groups in total. The van der Waals surface area contributed by atoms with Gasteiger partial charge in [-0.1, -0.05) is 50.8 Å². The zero-order chi connectivity index (χ0) is 35.2. The Kier molecular flexibility index (Phi) is 13.5. The van der Waals surface area contributed by atoms with Gasteiger partial charge in [0, 0.05) is 17.7 Å². The molecule has 10 heteroatoms. The van der Waals surface area contributed by atoms with Gasteiger partial charge in [-0.2, -0.15) is 0 Å². The number of carboxylic acid groups (broad SMARTS) is 1. The van der Waals surface area contributed by atoms with Gasteiger partial charge >= 0.3 is 11.9 Å². The average Bonchev–Trinajstić information content (AvgIpc) is 3.09. The maximum absolute atomic E-state index is 13.6. The van der Waals surface area contributed by atoms with Crippen LogP contribution >= 0.6 is 0 Å². The van der Waals surface area contributed by atoms with Crippen molar-refractivity contribution >= 4 is 29.4 Å². The number of carboxylic acids is 1. The summed E-state index contributed by atoms with van der Waals surface area (Å²) in [4.78, 5) is 49.9. The monoisotopic (exact) mass is 668 g/mol. The third-order valence-electron chi connectivity index (χ3n) is 7.88. The average molecular weight is 669 g/mol. The fraction of sp³-hybridized carbons (Fsp3) is 0.282. The summed E-state index contributed by atoms with van der Waals surface area (Å²) in [7, 11) is 0. The van der Waals surface area contributed by atoms with Crippen LogP contribution in [0, 0.1) is 12.7 Å². The number of hydrogen-bond donors (Lipinski definition) is 3. The topological polar surface area (TPSA) is 131 Å². The van der Waals surface area contributed by atoms with E-state index >= 15 is 0 Å². The number of ether oxygens (including phenoxy) is 2. The molecule has 0 fully saturated rings. The maximum Gasteiger partial charge on any atom is 0.343 e. The molecular formula is C39H41FN2O7. The highest BCUT2D eigenvalue weighted by Crippen LogP contribution is 2.19. The number of anilines is 1. The van der Waals surface area contributed by atoms with Gasteiger partial charge in [-0.05, 0) is 103 Å². The van der Waals surface area contributed by atoms with Gasteiger partial charge in [-0.15, -0.1) is 0 Å². The van der Waals surface area contributed by atoms with E-state index in [2.05, 4.69) is 17.6 Å². The zero-order valence-corrected chi connectivity index (χ0v) is 27.7. The molecule has 49 heavy (non-hydrogen) atoms. The number of amides is 2. The van der Waals surface area contributed by atoms with Gasteiger partial charge in [0.15, 0.2) is 0 Å². The molecule has 0 aliphatic rings. The normalized spacial score (nSPS) is 11.3. The molecular weight excluding hydrogens is 627 g/mol. The van der Waals surface area contributed by atoms with E-state index < -0.39 is 29.7 Å². The predicted octanol–water partition coefficient (Wildman–Crippen LogP) is 7.31. The van der Waals surface area contributed by atoms with Gasteiger partial charge in [0.1, 0.15) is 23.4 Å². The lowest BCUT2D eigenvalue weighted by atomic mass is 10.0. The van der Waals surface area contributed by atoms with Crippen LogP contribution in [-0.4, -0.2) is 41.5 Å². The third kappa shape index (κ3) is 11.6. The number of benzene rings is 4. The van der Waals surface area contributed by atoms with Crippen LogP contribution in [0.5, 0.6) is 11.5 Å². The summed E-state index contributed by atoms with van der Waals surface area (Å²) in [6.07, 6.45) is 5.70. The van der Waals surface area contributed by atoms with Gasteiger partial charge in [0.2, 0.25) is 5.91 Å². The van der Waals surface area contributed by atoms with E-state index in [1.165, 1.54) is 55.7 Å². The molecule has 0 saturated carbocycles. The summed E-state index contributed by atoms with van der Waals surface area (Å²) in [6, 6.07) is 22.2. The number of hydrogen-bond acceptors (Lipinski definition) is 6. The highest BCUT2D eigenvalue weighted by Gasteiger charge is 2.22. The fourth-order valence-corrected chi connectivity index (χ4v) is 5.03. The zero-order valence-electron chi connectivity index (χ0n) is 27.7. The molecule has 4 rings (SSSR count). The van der Waals surface area contributed by atoms with Gasteiger partial charge in [0.05, 0.1) is 18.6 Å². The highest BCUT2D eigenvalue weighted by molar-refractivity contribution is 5.98. The number of rotatable bonds is 17. The molecule has 4 aromatic rings. The van der Waals surface area contributed by atoms with Crippen molar-refractivity contribution in [3.8, 4) is 11.5 Å². The van der Waals surface area contributed by atoms with Crippen LogP contribution < -0.4 is 20.1 Å². The van der Waals surface area contributed by atoms with Crippen molar-refractivity contribution in [1.82, 2.24) is 5.32 Å². The highest BCUT2D eigenvalue weighted by atomic mass is 19.1. The van der Waals surface area contributed by atoms with Crippen molar-refractivity contribution in [3.05, 3.63) is 125 Å². The molecule has 2 amide bonds. The second-order valence-corrected chi connectivity index (χ2v) is 11.8. The Labute approximate surface area is 285 Å². The first kappa shape index (κ1) is 36.3. The minimum Gasteiger partial charge on any atom is -0.494 e. The molecule has 9 nitrogen and oxygen atoms in total.